The maximum absolute atomic E-state index is 13.1. The topological polar surface area (TPSA) is 50.6 Å². The first-order chi connectivity index (χ1) is 15.8. The van der Waals surface area contributed by atoms with Crippen molar-refractivity contribution in [2.45, 2.75) is 54.3 Å². The summed E-state index contributed by atoms with van der Waals surface area (Å²) in [5.41, 5.74) is 7.02. The summed E-state index contributed by atoms with van der Waals surface area (Å²) < 4.78 is 8.07. The fourth-order valence-electron chi connectivity index (χ4n) is 4.26. The average molecular weight is 467 g/mol. The van der Waals surface area contributed by atoms with Crippen molar-refractivity contribution in [3.05, 3.63) is 68.2 Å². The van der Waals surface area contributed by atoms with Gasteiger partial charge in [0.25, 0.3) is 5.91 Å². The van der Waals surface area contributed by atoms with E-state index in [1.807, 2.05) is 21.0 Å². The first-order valence-electron chi connectivity index (χ1n) is 11.7. The van der Waals surface area contributed by atoms with Gasteiger partial charge in [-0.3, -0.25) is 14.4 Å². The van der Waals surface area contributed by atoms with Gasteiger partial charge in [-0.1, -0.05) is 6.07 Å². The molecule has 6 nitrogen and oxygen atoms in total. The molecule has 1 aromatic carbocycles. The van der Waals surface area contributed by atoms with Crippen LogP contribution in [-0.4, -0.2) is 51.7 Å². The van der Waals surface area contributed by atoms with Gasteiger partial charge in [-0.25, -0.2) is 0 Å². The number of rotatable bonds is 7. The largest absolute Gasteiger partial charge is 0.489 e. The van der Waals surface area contributed by atoms with Crippen LogP contribution < -0.4 is 4.74 Å². The van der Waals surface area contributed by atoms with Crippen molar-refractivity contribution in [2.24, 2.45) is 0 Å². The van der Waals surface area contributed by atoms with E-state index >= 15 is 0 Å². The first kappa shape index (κ1) is 23.5. The Hall–Kier alpha value is -2.64. The van der Waals surface area contributed by atoms with E-state index in [0.29, 0.717) is 6.61 Å². The molecule has 33 heavy (non-hydrogen) atoms. The number of hydrogen-bond acceptors (Lipinski definition) is 5. The van der Waals surface area contributed by atoms with E-state index in [4.69, 9.17) is 4.74 Å². The van der Waals surface area contributed by atoms with E-state index in [9.17, 15) is 4.79 Å². The molecule has 1 saturated heterocycles. The molecular weight excluding hydrogens is 432 g/mol. The number of thiophene rings is 1. The summed E-state index contributed by atoms with van der Waals surface area (Å²) in [6.45, 7) is 16.0. The second-order valence-corrected chi connectivity index (χ2v) is 9.89. The number of carbonyl (C=O) groups is 1. The number of nitrogens with zero attached hydrogens (tertiary/aromatic N) is 4. The molecular formula is C26H34N4O2S. The van der Waals surface area contributed by atoms with Gasteiger partial charge in [0.2, 0.25) is 0 Å². The molecule has 1 fully saturated rings. The number of piperazine rings is 1. The minimum Gasteiger partial charge on any atom is -0.489 e. The van der Waals surface area contributed by atoms with Gasteiger partial charge < -0.3 is 9.64 Å². The number of benzene rings is 1. The second kappa shape index (κ2) is 10.1. The molecule has 0 atom stereocenters. The highest BCUT2D eigenvalue weighted by Gasteiger charge is 2.24. The van der Waals surface area contributed by atoms with Crippen molar-refractivity contribution in [3.63, 3.8) is 0 Å². The van der Waals surface area contributed by atoms with Crippen molar-refractivity contribution >= 4 is 17.2 Å². The Labute approximate surface area is 200 Å². The van der Waals surface area contributed by atoms with Gasteiger partial charge in [0, 0.05) is 56.6 Å². The summed E-state index contributed by atoms with van der Waals surface area (Å²) in [5.74, 6) is 1.05. The third-order valence-corrected chi connectivity index (χ3v) is 7.42. The number of carbonyl (C=O) groups excluding carboxylic acids is 1. The van der Waals surface area contributed by atoms with Crippen LogP contribution in [0.3, 0.4) is 0 Å². The number of hydrogen-bond donors (Lipinski definition) is 0. The molecule has 1 amide bonds. The minimum atomic E-state index is 0.128. The van der Waals surface area contributed by atoms with Gasteiger partial charge >= 0.3 is 0 Å². The number of aromatic nitrogens is 2. The molecule has 0 unspecified atom stereocenters. The van der Waals surface area contributed by atoms with E-state index in [1.165, 1.54) is 33.6 Å². The van der Waals surface area contributed by atoms with Crippen molar-refractivity contribution in [1.82, 2.24) is 19.6 Å². The predicted molar refractivity (Wildman–Crippen MR) is 133 cm³/mol. The monoisotopic (exact) mass is 466 g/mol. The zero-order chi connectivity index (χ0) is 23.5. The summed E-state index contributed by atoms with van der Waals surface area (Å²) >= 11 is 1.51. The highest BCUT2D eigenvalue weighted by atomic mass is 32.1. The maximum Gasteiger partial charge on any atom is 0.264 e. The maximum atomic E-state index is 13.1. The molecule has 0 N–H and O–H groups in total. The molecule has 0 saturated carbocycles. The summed E-state index contributed by atoms with van der Waals surface area (Å²) in [4.78, 5) is 18.2. The smallest absolute Gasteiger partial charge is 0.264 e. The Bertz CT molecular complexity index is 1130. The van der Waals surface area contributed by atoms with Crippen molar-refractivity contribution in [3.8, 4) is 5.75 Å². The van der Waals surface area contributed by atoms with Crippen molar-refractivity contribution < 1.29 is 9.53 Å². The van der Waals surface area contributed by atoms with Crippen LogP contribution in [0.25, 0.3) is 0 Å². The second-order valence-electron chi connectivity index (χ2n) is 8.98. The van der Waals surface area contributed by atoms with Gasteiger partial charge in [0.05, 0.1) is 10.6 Å². The molecule has 3 aromatic rings. The number of ether oxygens (including phenoxy) is 1. The van der Waals surface area contributed by atoms with Crippen LogP contribution in [0.15, 0.2) is 29.8 Å². The minimum absolute atomic E-state index is 0.128. The van der Waals surface area contributed by atoms with Gasteiger partial charge in [-0.05, 0) is 68.8 Å². The van der Waals surface area contributed by atoms with Crippen LogP contribution >= 0.6 is 11.3 Å². The molecule has 0 bridgehead atoms. The molecule has 7 heteroatoms. The number of aryl methyl sites for hydroxylation is 4. The highest BCUT2D eigenvalue weighted by molar-refractivity contribution is 7.12. The van der Waals surface area contributed by atoms with E-state index in [0.717, 1.165) is 61.2 Å². The molecule has 3 heterocycles. The summed E-state index contributed by atoms with van der Waals surface area (Å²) in [5, 5.41) is 6.58. The quantitative estimate of drug-likeness (QED) is 0.505. The lowest BCUT2D eigenvalue weighted by Crippen LogP contribution is -2.48. The average Bonchev–Trinajstić information content (AvgIpc) is 3.42. The van der Waals surface area contributed by atoms with Gasteiger partial charge in [0.1, 0.15) is 12.4 Å². The summed E-state index contributed by atoms with van der Waals surface area (Å²) in [6.07, 6.45) is 2.14. The lowest BCUT2D eigenvalue weighted by atomic mass is 10.1. The summed E-state index contributed by atoms with van der Waals surface area (Å²) in [6, 6.07) is 6.23. The molecule has 0 radical (unpaired) electrons. The van der Waals surface area contributed by atoms with E-state index < -0.39 is 0 Å². The van der Waals surface area contributed by atoms with Crippen molar-refractivity contribution in [1.29, 1.82) is 0 Å². The highest BCUT2D eigenvalue weighted by Crippen LogP contribution is 2.25. The molecule has 4 rings (SSSR count). The van der Waals surface area contributed by atoms with Gasteiger partial charge in [-0.2, -0.15) is 5.10 Å². The van der Waals surface area contributed by atoms with Crippen LogP contribution in [0.5, 0.6) is 5.75 Å². The Morgan fingerprint density at radius 2 is 1.85 bits per heavy atom. The Morgan fingerprint density at radius 3 is 2.55 bits per heavy atom. The van der Waals surface area contributed by atoms with Gasteiger partial charge in [0.15, 0.2) is 0 Å². The van der Waals surface area contributed by atoms with Gasteiger partial charge in [-0.15, -0.1) is 11.3 Å². The normalized spacial score (nSPS) is 14.6. The van der Waals surface area contributed by atoms with Crippen LogP contribution in [-0.2, 0) is 19.7 Å². The Morgan fingerprint density at radius 1 is 1.09 bits per heavy atom. The fourth-order valence-corrected chi connectivity index (χ4v) is 5.12. The van der Waals surface area contributed by atoms with Crippen LogP contribution in [0.2, 0.25) is 0 Å². The third kappa shape index (κ3) is 5.47. The molecule has 0 spiro atoms. The van der Waals surface area contributed by atoms with Crippen LogP contribution in [0, 0.1) is 27.7 Å². The Balaban J connectivity index is 1.30. The first-order valence-corrected chi connectivity index (χ1v) is 12.5. The van der Waals surface area contributed by atoms with E-state index in [1.54, 1.807) is 0 Å². The molecule has 1 aliphatic heterocycles. The van der Waals surface area contributed by atoms with Crippen LogP contribution in [0.4, 0.5) is 0 Å². The zero-order valence-electron chi connectivity index (χ0n) is 20.4. The molecule has 176 valence electrons. The molecule has 0 aliphatic carbocycles. The Kier molecular flexibility index (Phi) is 7.20. The fraction of sp³-hybridized carbons (Fsp3) is 0.462. The lowest BCUT2D eigenvalue weighted by molar-refractivity contribution is 0.0633. The SMILES string of the molecule is CCn1cc(CN2CCN(C(=O)c3cc(COc4cc(C)cc(C)c4C)cs3)CC2)c(C)n1. The molecule has 2 aromatic heterocycles. The third-order valence-electron chi connectivity index (χ3n) is 6.45. The van der Waals surface area contributed by atoms with E-state index in [2.05, 4.69) is 62.9 Å². The molecule has 1 aliphatic rings. The van der Waals surface area contributed by atoms with Crippen LogP contribution in [0.1, 0.15) is 50.1 Å². The number of amides is 1. The van der Waals surface area contributed by atoms with Crippen molar-refractivity contribution in [2.75, 3.05) is 26.2 Å². The standard InChI is InChI=1S/C26H34N4O2S/c1-6-30-15-23(21(5)27-30)14-28-7-9-29(10-8-28)26(31)25-13-22(17-33-25)16-32-24-12-18(2)11-19(3)20(24)4/h11-13,15,17H,6-10,14,16H2,1-5H3. The van der Waals surface area contributed by atoms with E-state index in [-0.39, 0.29) is 5.91 Å². The zero-order valence-corrected chi connectivity index (χ0v) is 21.2. The predicted octanol–water partition coefficient (Wildman–Crippen LogP) is 4.74. The summed E-state index contributed by atoms with van der Waals surface area (Å²) in [7, 11) is 0. The lowest BCUT2D eigenvalue weighted by Gasteiger charge is -2.34.